The van der Waals surface area contributed by atoms with Gasteiger partial charge < -0.3 is 19.7 Å². The van der Waals surface area contributed by atoms with E-state index in [9.17, 15) is 4.79 Å². The van der Waals surface area contributed by atoms with Crippen LogP contribution in [0.2, 0.25) is 0 Å². The zero-order chi connectivity index (χ0) is 18.4. The van der Waals surface area contributed by atoms with Crippen molar-refractivity contribution in [3.05, 3.63) is 59.2 Å². The molecule has 0 saturated carbocycles. The Bertz CT molecular complexity index is 717. The molecule has 2 aromatic carbocycles. The molecule has 3 rings (SSSR count). The van der Waals surface area contributed by atoms with E-state index in [0.717, 1.165) is 55.4 Å². The summed E-state index contributed by atoms with van der Waals surface area (Å²) in [6.45, 7) is 8.80. The molecule has 138 valence electrons. The average molecular weight is 355 g/mol. The van der Waals surface area contributed by atoms with Crippen LogP contribution in [0.25, 0.3) is 0 Å². The van der Waals surface area contributed by atoms with Crippen molar-refractivity contribution in [2.24, 2.45) is 0 Å². The first-order chi connectivity index (χ1) is 12.6. The van der Waals surface area contributed by atoms with E-state index in [0.29, 0.717) is 0 Å². The smallest absolute Gasteiger partial charge is 0.262 e. The molecule has 0 unspecified atom stereocenters. The second-order valence-electron chi connectivity index (χ2n) is 6.90. The number of hydrogen-bond acceptors (Lipinski definition) is 3. The third-order valence-electron chi connectivity index (χ3n) is 4.46. The highest BCUT2D eigenvalue weighted by atomic mass is 16.5. The summed E-state index contributed by atoms with van der Waals surface area (Å²) in [5, 5.41) is 2.88. The summed E-state index contributed by atoms with van der Waals surface area (Å²) in [4.78, 5) is 13.6. The molecule has 1 saturated heterocycles. The maximum atomic E-state index is 12.1. The molecule has 0 aromatic heterocycles. The first-order valence-corrected chi connectivity index (χ1v) is 9.10. The van der Waals surface area contributed by atoms with Gasteiger partial charge in [0.05, 0.1) is 13.2 Å². The van der Waals surface area contributed by atoms with Crippen LogP contribution in [0.3, 0.4) is 0 Å². The Morgan fingerprint density at radius 3 is 2.38 bits per heavy atom. The number of hydrogen-bond donors (Lipinski definition) is 2. The summed E-state index contributed by atoms with van der Waals surface area (Å²) in [6.07, 6.45) is 0. The SMILES string of the molecule is Cc1cc(C)cc(OCC(=O)Nc2ccc(C[NH+]3CCOCC3)cc2)c1. The highest BCUT2D eigenvalue weighted by molar-refractivity contribution is 5.91. The maximum Gasteiger partial charge on any atom is 0.262 e. The number of aryl methyl sites for hydroxylation is 2. The number of anilines is 1. The van der Waals surface area contributed by atoms with E-state index >= 15 is 0 Å². The number of morpholine rings is 1. The molecule has 1 aliphatic heterocycles. The number of benzene rings is 2. The fourth-order valence-corrected chi connectivity index (χ4v) is 3.19. The second kappa shape index (κ2) is 8.83. The van der Waals surface area contributed by atoms with Crippen LogP contribution in [-0.2, 0) is 16.1 Å². The highest BCUT2D eigenvalue weighted by Gasteiger charge is 2.14. The molecule has 0 bridgehead atoms. The molecule has 0 atom stereocenters. The van der Waals surface area contributed by atoms with Crippen molar-refractivity contribution in [3.63, 3.8) is 0 Å². The molecule has 1 fully saturated rings. The van der Waals surface area contributed by atoms with Crippen LogP contribution in [-0.4, -0.2) is 38.8 Å². The average Bonchev–Trinajstić information content (AvgIpc) is 2.62. The Balaban J connectivity index is 1.47. The van der Waals surface area contributed by atoms with E-state index in [2.05, 4.69) is 23.5 Å². The van der Waals surface area contributed by atoms with Gasteiger partial charge in [0.15, 0.2) is 6.61 Å². The van der Waals surface area contributed by atoms with Crippen molar-refractivity contribution >= 4 is 11.6 Å². The number of carbonyl (C=O) groups excluding carboxylic acids is 1. The number of amides is 1. The van der Waals surface area contributed by atoms with Crippen LogP contribution in [0.15, 0.2) is 42.5 Å². The summed E-state index contributed by atoms with van der Waals surface area (Å²) >= 11 is 0. The van der Waals surface area contributed by atoms with Gasteiger partial charge in [0.2, 0.25) is 0 Å². The molecule has 1 amide bonds. The molecule has 2 N–H and O–H groups in total. The van der Waals surface area contributed by atoms with Gasteiger partial charge in [0.1, 0.15) is 25.4 Å². The molecule has 2 aromatic rings. The summed E-state index contributed by atoms with van der Waals surface area (Å²) in [5.74, 6) is 0.567. The largest absolute Gasteiger partial charge is 0.484 e. The number of carbonyl (C=O) groups is 1. The Morgan fingerprint density at radius 2 is 1.73 bits per heavy atom. The topological polar surface area (TPSA) is 52.0 Å². The fraction of sp³-hybridized carbons (Fsp3) is 0.381. The predicted molar refractivity (Wildman–Crippen MR) is 102 cm³/mol. The highest BCUT2D eigenvalue weighted by Crippen LogP contribution is 2.16. The van der Waals surface area contributed by atoms with Crippen molar-refractivity contribution in [3.8, 4) is 5.75 Å². The van der Waals surface area contributed by atoms with Crippen molar-refractivity contribution in [1.82, 2.24) is 0 Å². The number of quaternary nitrogens is 1. The standard InChI is InChI=1S/C21H26N2O3/c1-16-11-17(2)13-20(12-16)26-15-21(24)22-19-5-3-18(4-6-19)14-23-7-9-25-10-8-23/h3-6,11-13H,7-10,14-15H2,1-2H3,(H,22,24)/p+1. The number of nitrogens with one attached hydrogen (secondary N) is 2. The monoisotopic (exact) mass is 355 g/mol. The van der Waals surface area contributed by atoms with Gasteiger partial charge in [-0.05, 0) is 49.2 Å². The van der Waals surface area contributed by atoms with E-state index in [1.807, 2.05) is 38.1 Å². The van der Waals surface area contributed by atoms with Gasteiger partial charge >= 0.3 is 0 Å². The lowest BCUT2D eigenvalue weighted by Gasteiger charge is -2.23. The first kappa shape index (κ1) is 18.4. The third kappa shape index (κ3) is 5.58. The molecular weight excluding hydrogens is 328 g/mol. The lowest BCUT2D eigenvalue weighted by Crippen LogP contribution is -3.12. The van der Waals surface area contributed by atoms with Gasteiger partial charge in [-0.2, -0.15) is 0 Å². The lowest BCUT2D eigenvalue weighted by molar-refractivity contribution is -0.921. The van der Waals surface area contributed by atoms with Crippen LogP contribution >= 0.6 is 0 Å². The molecule has 26 heavy (non-hydrogen) atoms. The Morgan fingerprint density at radius 1 is 1.08 bits per heavy atom. The second-order valence-corrected chi connectivity index (χ2v) is 6.90. The Hall–Kier alpha value is -2.37. The van der Waals surface area contributed by atoms with Gasteiger partial charge in [-0.25, -0.2) is 0 Å². The van der Waals surface area contributed by atoms with Crippen molar-refractivity contribution in [2.75, 3.05) is 38.2 Å². The summed E-state index contributed by atoms with van der Waals surface area (Å²) in [6, 6.07) is 14.0. The number of ether oxygens (including phenoxy) is 2. The minimum absolute atomic E-state index is 0.00255. The molecule has 5 heteroatoms. The van der Waals surface area contributed by atoms with Crippen LogP contribution in [0, 0.1) is 13.8 Å². The molecule has 5 nitrogen and oxygen atoms in total. The van der Waals surface area contributed by atoms with E-state index in [1.54, 1.807) is 0 Å². The van der Waals surface area contributed by atoms with Gasteiger partial charge in [-0.1, -0.05) is 18.2 Å². The van der Waals surface area contributed by atoms with Gasteiger partial charge in [-0.15, -0.1) is 0 Å². The first-order valence-electron chi connectivity index (χ1n) is 9.10. The molecule has 0 aliphatic carbocycles. The third-order valence-corrected chi connectivity index (χ3v) is 4.46. The fourth-order valence-electron chi connectivity index (χ4n) is 3.19. The van der Waals surface area contributed by atoms with Crippen LogP contribution in [0.1, 0.15) is 16.7 Å². The van der Waals surface area contributed by atoms with Crippen molar-refractivity contribution in [1.29, 1.82) is 0 Å². The predicted octanol–water partition coefficient (Wildman–Crippen LogP) is 1.74. The van der Waals surface area contributed by atoms with Crippen LogP contribution < -0.4 is 15.0 Å². The van der Waals surface area contributed by atoms with E-state index < -0.39 is 0 Å². The molecule has 1 aliphatic rings. The Labute approximate surface area is 154 Å². The summed E-state index contributed by atoms with van der Waals surface area (Å²) in [7, 11) is 0. The molecule has 0 spiro atoms. The molecule has 1 heterocycles. The normalized spacial score (nSPS) is 14.8. The minimum atomic E-state index is -0.157. The summed E-state index contributed by atoms with van der Waals surface area (Å²) in [5.41, 5.74) is 4.31. The van der Waals surface area contributed by atoms with Gasteiger partial charge in [0.25, 0.3) is 5.91 Å². The summed E-state index contributed by atoms with van der Waals surface area (Å²) < 4.78 is 11.0. The van der Waals surface area contributed by atoms with Gasteiger partial charge in [-0.3, -0.25) is 4.79 Å². The van der Waals surface area contributed by atoms with Crippen molar-refractivity contribution < 1.29 is 19.2 Å². The van der Waals surface area contributed by atoms with E-state index in [-0.39, 0.29) is 12.5 Å². The molecular formula is C21H27N2O3+. The van der Waals surface area contributed by atoms with Gasteiger partial charge in [0, 0.05) is 11.3 Å². The number of rotatable bonds is 6. The van der Waals surface area contributed by atoms with E-state index in [1.165, 1.54) is 10.5 Å². The maximum absolute atomic E-state index is 12.1. The zero-order valence-corrected chi connectivity index (χ0v) is 15.5. The zero-order valence-electron chi connectivity index (χ0n) is 15.5. The lowest BCUT2D eigenvalue weighted by atomic mass is 10.1. The minimum Gasteiger partial charge on any atom is -0.484 e. The quantitative estimate of drug-likeness (QED) is 0.830. The van der Waals surface area contributed by atoms with Crippen molar-refractivity contribution in [2.45, 2.75) is 20.4 Å². The van der Waals surface area contributed by atoms with E-state index in [4.69, 9.17) is 9.47 Å². The van der Waals surface area contributed by atoms with Crippen LogP contribution in [0.4, 0.5) is 5.69 Å². The molecule has 0 radical (unpaired) electrons. The Kier molecular flexibility index (Phi) is 6.26. The van der Waals surface area contributed by atoms with Crippen LogP contribution in [0.5, 0.6) is 5.75 Å².